The SMILES string of the molecule is CCCCCCCCc1ccc(OC(=O)c2cnc(-c3ccc(CCCCCCC)cc3)cn2)c(F)c1. The van der Waals surface area contributed by atoms with Gasteiger partial charge < -0.3 is 4.74 Å². The first-order valence-corrected chi connectivity index (χ1v) is 14.0. The summed E-state index contributed by atoms with van der Waals surface area (Å²) in [5, 5.41) is 0. The zero-order chi connectivity index (χ0) is 26.3. The summed E-state index contributed by atoms with van der Waals surface area (Å²) in [5.74, 6) is -1.35. The highest BCUT2D eigenvalue weighted by Crippen LogP contribution is 2.22. The van der Waals surface area contributed by atoms with E-state index in [4.69, 9.17) is 4.74 Å². The summed E-state index contributed by atoms with van der Waals surface area (Å²) in [6.07, 6.45) is 18.3. The predicted molar refractivity (Wildman–Crippen MR) is 148 cm³/mol. The summed E-state index contributed by atoms with van der Waals surface area (Å²) in [6, 6.07) is 13.1. The van der Waals surface area contributed by atoms with Crippen LogP contribution in [-0.2, 0) is 12.8 Å². The molecule has 0 bridgehead atoms. The first-order valence-electron chi connectivity index (χ1n) is 14.0. The number of carbonyl (C=O) groups excluding carboxylic acids is 1. The molecule has 1 heterocycles. The number of aromatic nitrogens is 2. The summed E-state index contributed by atoms with van der Waals surface area (Å²) >= 11 is 0. The highest BCUT2D eigenvalue weighted by molar-refractivity contribution is 5.88. The average molecular weight is 505 g/mol. The molecule has 198 valence electrons. The van der Waals surface area contributed by atoms with E-state index in [-0.39, 0.29) is 11.4 Å². The molecule has 4 nitrogen and oxygen atoms in total. The number of hydrogen-bond donors (Lipinski definition) is 0. The van der Waals surface area contributed by atoms with E-state index in [1.807, 2.05) is 18.2 Å². The summed E-state index contributed by atoms with van der Waals surface area (Å²) < 4.78 is 19.8. The smallest absolute Gasteiger partial charge is 0.364 e. The molecule has 3 rings (SSSR count). The standard InChI is InChI=1S/C32H41FN2O2/c1-3-5-7-9-11-13-15-26-18-21-31(28(33)22-26)37-32(36)30-24-34-29(23-35-30)27-19-16-25(17-20-27)14-12-10-8-6-4-2/h16-24H,3-15H2,1-2H3. The molecule has 0 aliphatic heterocycles. The number of hydrogen-bond acceptors (Lipinski definition) is 4. The first-order chi connectivity index (χ1) is 18.1. The molecule has 0 spiro atoms. The van der Waals surface area contributed by atoms with Crippen LogP contribution in [0, 0.1) is 5.82 Å². The fourth-order valence-electron chi connectivity index (χ4n) is 4.40. The maximum absolute atomic E-state index is 14.5. The van der Waals surface area contributed by atoms with Gasteiger partial charge in [0.05, 0.1) is 18.1 Å². The average Bonchev–Trinajstić information content (AvgIpc) is 2.92. The molecule has 0 amide bonds. The van der Waals surface area contributed by atoms with Crippen LogP contribution in [0.3, 0.4) is 0 Å². The van der Waals surface area contributed by atoms with Gasteiger partial charge in [-0.3, -0.25) is 4.98 Å². The molecule has 5 heteroatoms. The van der Waals surface area contributed by atoms with Crippen molar-refractivity contribution in [3.8, 4) is 17.0 Å². The normalized spacial score (nSPS) is 11.0. The maximum atomic E-state index is 14.5. The Morgan fingerprint density at radius 2 is 1.32 bits per heavy atom. The zero-order valence-corrected chi connectivity index (χ0v) is 22.5. The number of aryl methyl sites for hydroxylation is 2. The van der Waals surface area contributed by atoms with Gasteiger partial charge >= 0.3 is 5.97 Å². The van der Waals surface area contributed by atoms with Crippen molar-refractivity contribution in [2.24, 2.45) is 0 Å². The van der Waals surface area contributed by atoms with E-state index in [1.54, 1.807) is 6.20 Å². The van der Waals surface area contributed by atoms with Crippen molar-refractivity contribution in [2.75, 3.05) is 0 Å². The molecule has 0 unspecified atom stereocenters. The van der Waals surface area contributed by atoms with Gasteiger partial charge in [-0.05, 0) is 48.9 Å². The molecule has 1 aromatic heterocycles. The topological polar surface area (TPSA) is 52.1 Å². The molecular weight excluding hydrogens is 463 g/mol. The lowest BCUT2D eigenvalue weighted by atomic mass is 10.0. The first kappa shape index (κ1) is 28.5. The van der Waals surface area contributed by atoms with Crippen molar-refractivity contribution < 1.29 is 13.9 Å². The molecule has 0 radical (unpaired) electrons. The Labute approximate surface area is 221 Å². The molecule has 0 N–H and O–H groups in total. The molecular formula is C32H41FN2O2. The number of benzene rings is 2. The lowest BCUT2D eigenvalue weighted by molar-refractivity contribution is 0.0721. The summed E-state index contributed by atoms with van der Waals surface area (Å²) in [5.41, 5.74) is 3.89. The van der Waals surface area contributed by atoms with Crippen LogP contribution in [0.15, 0.2) is 54.9 Å². The number of ether oxygens (including phenoxy) is 1. The fourth-order valence-corrected chi connectivity index (χ4v) is 4.40. The van der Waals surface area contributed by atoms with Crippen LogP contribution >= 0.6 is 0 Å². The van der Waals surface area contributed by atoms with Crippen LogP contribution in [-0.4, -0.2) is 15.9 Å². The minimum atomic E-state index is -0.722. The number of unbranched alkanes of at least 4 members (excludes halogenated alkanes) is 9. The quantitative estimate of drug-likeness (QED) is 0.111. The van der Waals surface area contributed by atoms with Gasteiger partial charge in [-0.15, -0.1) is 0 Å². The summed E-state index contributed by atoms with van der Waals surface area (Å²) in [4.78, 5) is 21.1. The minimum Gasteiger partial charge on any atom is -0.419 e. The predicted octanol–water partition coefficient (Wildman–Crippen LogP) is 8.92. The minimum absolute atomic E-state index is 0.0444. The Hall–Kier alpha value is -3.08. The van der Waals surface area contributed by atoms with Crippen LogP contribution in [0.5, 0.6) is 5.75 Å². The second-order valence-electron chi connectivity index (χ2n) is 9.82. The lowest BCUT2D eigenvalue weighted by Crippen LogP contribution is -2.12. The Morgan fingerprint density at radius 3 is 1.92 bits per heavy atom. The monoisotopic (exact) mass is 504 g/mol. The van der Waals surface area contributed by atoms with Gasteiger partial charge in [0.1, 0.15) is 0 Å². The van der Waals surface area contributed by atoms with E-state index in [0.29, 0.717) is 5.69 Å². The fraction of sp³-hybridized carbons (Fsp3) is 0.469. The van der Waals surface area contributed by atoms with Crippen LogP contribution in [0.4, 0.5) is 4.39 Å². The maximum Gasteiger partial charge on any atom is 0.364 e. The van der Waals surface area contributed by atoms with E-state index >= 15 is 0 Å². The zero-order valence-electron chi connectivity index (χ0n) is 22.5. The Balaban J connectivity index is 1.49. The van der Waals surface area contributed by atoms with Crippen molar-refractivity contribution >= 4 is 5.97 Å². The summed E-state index contributed by atoms with van der Waals surface area (Å²) in [7, 11) is 0. The Kier molecular flexibility index (Phi) is 12.2. The molecule has 0 atom stereocenters. The van der Waals surface area contributed by atoms with E-state index in [2.05, 4.69) is 35.9 Å². The van der Waals surface area contributed by atoms with Gasteiger partial charge in [0.2, 0.25) is 0 Å². The molecule has 37 heavy (non-hydrogen) atoms. The van der Waals surface area contributed by atoms with Gasteiger partial charge in [0, 0.05) is 5.56 Å². The molecule has 0 saturated heterocycles. The molecule has 0 aliphatic carbocycles. The number of esters is 1. The van der Waals surface area contributed by atoms with Gasteiger partial charge in [0.25, 0.3) is 0 Å². The van der Waals surface area contributed by atoms with E-state index in [1.165, 1.54) is 81.7 Å². The molecule has 0 saturated carbocycles. The van der Waals surface area contributed by atoms with Crippen LogP contribution in [0.1, 0.15) is 106 Å². The molecule has 0 fully saturated rings. The Bertz CT molecular complexity index is 1080. The van der Waals surface area contributed by atoms with Crippen molar-refractivity contribution in [1.29, 1.82) is 0 Å². The summed E-state index contributed by atoms with van der Waals surface area (Å²) in [6.45, 7) is 4.43. The van der Waals surface area contributed by atoms with Crippen LogP contribution in [0.2, 0.25) is 0 Å². The van der Waals surface area contributed by atoms with Crippen molar-refractivity contribution in [1.82, 2.24) is 9.97 Å². The van der Waals surface area contributed by atoms with E-state index in [9.17, 15) is 9.18 Å². The van der Waals surface area contributed by atoms with Gasteiger partial charge in [-0.2, -0.15) is 0 Å². The van der Waals surface area contributed by atoms with Crippen LogP contribution < -0.4 is 4.74 Å². The second-order valence-corrected chi connectivity index (χ2v) is 9.82. The highest BCUT2D eigenvalue weighted by atomic mass is 19.1. The number of nitrogens with zero attached hydrogens (tertiary/aromatic N) is 2. The third kappa shape index (κ3) is 9.71. The number of rotatable bonds is 16. The highest BCUT2D eigenvalue weighted by Gasteiger charge is 2.15. The van der Waals surface area contributed by atoms with Gasteiger partial charge in [0.15, 0.2) is 17.3 Å². The van der Waals surface area contributed by atoms with Crippen molar-refractivity contribution in [3.63, 3.8) is 0 Å². The second kappa shape index (κ2) is 15.9. The lowest BCUT2D eigenvalue weighted by Gasteiger charge is -2.08. The molecule has 2 aromatic carbocycles. The Morgan fingerprint density at radius 1 is 0.730 bits per heavy atom. The van der Waals surface area contributed by atoms with Crippen molar-refractivity contribution in [2.45, 2.75) is 97.3 Å². The van der Waals surface area contributed by atoms with E-state index in [0.717, 1.165) is 36.8 Å². The molecule has 3 aromatic rings. The molecule has 0 aliphatic rings. The number of halogens is 1. The number of carbonyl (C=O) groups is 1. The van der Waals surface area contributed by atoms with Gasteiger partial charge in [-0.25, -0.2) is 14.2 Å². The van der Waals surface area contributed by atoms with Gasteiger partial charge in [-0.1, -0.05) is 102 Å². The van der Waals surface area contributed by atoms with Crippen LogP contribution in [0.25, 0.3) is 11.3 Å². The largest absolute Gasteiger partial charge is 0.419 e. The van der Waals surface area contributed by atoms with Crippen molar-refractivity contribution in [3.05, 3.63) is 77.5 Å². The third-order valence-electron chi connectivity index (χ3n) is 6.70. The van der Waals surface area contributed by atoms with E-state index < -0.39 is 11.8 Å². The third-order valence-corrected chi connectivity index (χ3v) is 6.70.